The Labute approximate surface area is 156 Å². The van der Waals surface area contributed by atoms with Crippen LogP contribution in [0.15, 0.2) is 42.6 Å². The molecule has 138 valence electrons. The van der Waals surface area contributed by atoms with E-state index in [2.05, 4.69) is 20.2 Å². The SMILES string of the molecule is COc1ccccc1-c1cc(N(C)C(=O)c2ccnc(C3(N)CC3)n2)n[nH]1. The maximum Gasteiger partial charge on any atom is 0.277 e. The molecule has 1 aliphatic carbocycles. The van der Waals surface area contributed by atoms with Gasteiger partial charge in [-0.25, -0.2) is 9.97 Å². The summed E-state index contributed by atoms with van der Waals surface area (Å²) in [6, 6.07) is 11.0. The molecule has 1 aromatic carbocycles. The average Bonchev–Trinajstić information content (AvgIpc) is 3.28. The minimum Gasteiger partial charge on any atom is -0.496 e. The number of amides is 1. The van der Waals surface area contributed by atoms with Gasteiger partial charge in [-0.2, -0.15) is 5.10 Å². The number of aromatic nitrogens is 4. The number of methoxy groups -OCH3 is 1. The van der Waals surface area contributed by atoms with Crippen LogP contribution in [0.2, 0.25) is 0 Å². The second-order valence-corrected chi connectivity index (χ2v) is 6.63. The first-order chi connectivity index (χ1) is 13.0. The minimum absolute atomic E-state index is 0.277. The molecule has 2 heterocycles. The van der Waals surface area contributed by atoms with E-state index in [9.17, 15) is 4.79 Å². The Balaban J connectivity index is 1.59. The summed E-state index contributed by atoms with van der Waals surface area (Å²) in [6.07, 6.45) is 3.24. The number of hydrogen-bond donors (Lipinski definition) is 2. The Morgan fingerprint density at radius 2 is 2.07 bits per heavy atom. The first-order valence-electron chi connectivity index (χ1n) is 8.61. The minimum atomic E-state index is -0.488. The lowest BCUT2D eigenvalue weighted by Crippen LogP contribution is -2.29. The number of anilines is 1. The Morgan fingerprint density at radius 3 is 2.81 bits per heavy atom. The molecule has 8 heteroatoms. The monoisotopic (exact) mass is 364 g/mol. The van der Waals surface area contributed by atoms with Gasteiger partial charge in [0.05, 0.1) is 18.3 Å². The first kappa shape index (κ1) is 17.2. The summed E-state index contributed by atoms with van der Waals surface area (Å²) < 4.78 is 5.38. The zero-order valence-electron chi connectivity index (χ0n) is 15.1. The third kappa shape index (κ3) is 3.15. The zero-order chi connectivity index (χ0) is 19.0. The van der Waals surface area contributed by atoms with Gasteiger partial charge in [-0.3, -0.25) is 14.8 Å². The van der Waals surface area contributed by atoms with Gasteiger partial charge in [0.15, 0.2) is 5.82 Å². The molecule has 0 bridgehead atoms. The summed E-state index contributed by atoms with van der Waals surface area (Å²) in [7, 11) is 3.27. The van der Waals surface area contributed by atoms with E-state index in [1.54, 1.807) is 32.5 Å². The van der Waals surface area contributed by atoms with Gasteiger partial charge in [-0.05, 0) is 31.0 Å². The summed E-state index contributed by atoms with van der Waals surface area (Å²) in [4.78, 5) is 22.8. The number of nitrogens with zero attached hydrogens (tertiary/aromatic N) is 4. The molecule has 0 spiro atoms. The predicted molar refractivity (Wildman–Crippen MR) is 100 cm³/mol. The Hall–Kier alpha value is -3.26. The number of ether oxygens (including phenoxy) is 1. The van der Waals surface area contributed by atoms with Crippen LogP contribution in [0.3, 0.4) is 0 Å². The van der Waals surface area contributed by atoms with Gasteiger partial charge < -0.3 is 10.5 Å². The van der Waals surface area contributed by atoms with Gasteiger partial charge in [-0.1, -0.05) is 12.1 Å². The first-order valence-corrected chi connectivity index (χ1v) is 8.61. The van der Waals surface area contributed by atoms with E-state index < -0.39 is 5.54 Å². The molecule has 2 aromatic heterocycles. The molecule has 1 amide bonds. The standard InChI is InChI=1S/C19H20N6O2/c1-25(17(26)13-7-10-21-18(22-13)19(20)8-9-19)16-11-14(23-24-16)12-5-3-4-6-15(12)27-2/h3-7,10-11H,8-9,20H2,1-2H3,(H,23,24). The summed E-state index contributed by atoms with van der Waals surface area (Å²) >= 11 is 0. The number of nitrogens with one attached hydrogen (secondary N) is 1. The fourth-order valence-corrected chi connectivity index (χ4v) is 2.84. The number of aromatic amines is 1. The second-order valence-electron chi connectivity index (χ2n) is 6.63. The smallest absolute Gasteiger partial charge is 0.277 e. The highest BCUT2D eigenvalue weighted by Gasteiger charge is 2.43. The number of rotatable bonds is 5. The number of para-hydroxylation sites is 1. The quantitative estimate of drug-likeness (QED) is 0.717. The number of benzene rings is 1. The van der Waals surface area contributed by atoms with Gasteiger partial charge in [0.2, 0.25) is 0 Å². The fourth-order valence-electron chi connectivity index (χ4n) is 2.84. The molecule has 0 aliphatic heterocycles. The Kier molecular flexibility index (Phi) is 4.12. The van der Waals surface area contributed by atoms with Crippen LogP contribution in [0.25, 0.3) is 11.3 Å². The van der Waals surface area contributed by atoms with Gasteiger partial charge >= 0.3 is 0 Å². The van der Waals surface area contributed by atoms with Gasteiger partial charge in [0, 0.05) is 24.9 Å². The van der Waals surface area contributed by atoms with E-state index in [0.717, 1.165) is 29.8 Å². The normalized spacial score (nSPS) is 14.6. The lowest BCUT2D eigenvalue weighted by molar-refractivity contribution is 0.0987. The van der Waals surface area contributed by atoms with Crippen LogP contribution in [0.4, 0.5) is 5.82 Å². The van der Waals surface area contributed by atoms with Crippen LogP contribution in [-0.2, 0) is 5.54 Å². The third-order valence-electron chi connectivity index (χ3n) is 4.72. The molecule has 1 fully saturated rings. The van der Waals surface area contributed by atoms with Crippen molar-refractivity contribution in [2.45, 2.75) is 18.4 Å². The fraction of sp³-hybridized carbons (Fsp3) is 0.263. The molecule has 3 aromatic rings. The van der Waals surface area contributed by atoms with Crippen molar-refractivity contribution in [1.82, 2.24) is 20.2 Å². The van der Waals surface area contributed by atoms with Crippen molar-refractivity contribution < 1.29 is 9.53 Å². The van der Waals surface area contributed by atoms with Crippen LogP contribution in [0.5, 0.6) is 5.75 Å². The largest absolute Gasteiger partial charge is 0.496 e. The summed E-state index contributed by atoms with van der Waals surface area (Å²) in [6.45, 7) is 0. The number of carbonyl (C=O) groups is 1. The Bertz CT molecular complexity index is 995. The maximum absolute atomic E-state index is 12.8. The molecule has 0 unspecified atom stereocenters. The number of carbonyl (C=O) groups excluding carboxylic acids is 1. The van der Waals surface area contributed by atoms with Crippen molar-refractivity contribution in [3.05, 3.63) is 54.1 Å². The van der Waals surface area contributed by atoms with Crippen molar-refractivity contribution in [1.29, 1.82) is 0 Å². The molecule has 1 aliphatic rings. The highest BCUT2D eigenvalue weighted by Crippen LogP contribution is 2.40. The van der Waals surface area contributed by atoms with E-state index in [-0.39, 0.29) is 5.91 Å². The van der Waals surface area contributed by atoms with E-state index in [0.29, 0.717) is 17.3 Å². The van der Waals surface area contributed by atoms with Crippen LogP contribution >= 0.6 is 0 Å². The number of hydrogen-bond acceptors (Lipinski definition) is 6. The van der Waals surface area contributed by atoms with Crippen molar-refractivity contribution in [2.24, 2.45) is 5.73 Å². The molecular formula is C19H20N6O2. The molecule has 1 saturated carbocycles. The lowest BCUT2D eigenvalue weighted by atomic mass is 10.1. The maximum atomic E-state index is 12.8. The lowest BCUT2D eigenvalue weighted by Gasteiger charge is -2.14. The zero-order valence-corrected chi connectivity index (χ0v) is 15.1. The molecule has 8 nitrogen and oxygen atoms in total. The van der Waals surface area contributed by atoms with E-state index in [1.165, 1.54) is 4.90 Å². The van der Waals surface area contributed by atoms with Crippen molar-refractivity contribution in [3.8, 4) is 17.0 Å². The molecule has 27 heavy (non-hydrogen) atoms. The molecular weight excluding hydrogens is 344 g/mol. The Morgan fingerprint density at radius 1 is 1.30 bits per heavy atom. The van der Waals surface area contributed by atoms with E-state index in [1.807, 2.05) is 24.3 Å². The molecule has 0 atom stereocenters. The van der Waals surface area contributed by atoms with Crippen molar-refractivity contribution in [3.63, 3.8) is 0 Å². The topological polar surface area (TPSA) is 110 Å². The number of nitrogens with two attached hydrogens (primary N) is 1. The van der Waals surface area contributed by atoms with Gasteiger partial charge in [0.1, 0.15) is 17.3 Å². The summed E-state index contributed by atoms with van der Waals surface area (Å²) in [5.41, 5.74) is 7.56. The third-order valence-corrected chi connectivity index (χ3v) is 4.72. The highest BCUT2D eigenvalue weighted by atomic mass is 16.5. The summed E-state index contributed by atoms with van der Waals surface area (Å²) in [5, 5.41) is 7.21. The predicted octanol–water partition coefficient (Wildman–Crippen LogP) is 2.10. The van der Waals surface area contributed by atoms with Crippen molar-refractivity contribution in [2.75, 3.05) is 19.1 Å². The molecule has 3 N–H and O–H groups in total. The van der Waals surface area contributed by atoms with E-state index in [4.69, 9.17) is 10.5 Å². The molecule has 4 rings (SSSR count). The number of H-pyrrole nitrogens is 1. The van der Waals surface area contributed by atoms with Gasteiger partial charge in [0.25, 0.3) is 5.91 Å². The second kappa shape index (κ2) is 6.48. The average molecular weight is 364 g/mol. The van der Waals surface area contributed by atoms with Crippen LogP contribution in [-0.4, -0.2) is 40.2 Å². The van der Waals surface area contributed by atoms with Crippen LogP contribution in [0, 0.1) is 0 Å². The van der Waals surface area contributed by atoms with Crippen molar-refractivity contribution >= 4 is 11.7 Å². The highest BCUT2D eigenvalue weighted by molar-refractivity contribution is 6.04. The molecule has 0 saturated heterocycles. The summed E-state index contributed by atoms with van der Waals surface area (Å²) in [5.74, 6) is 1.44. The van der Waals surface area contributed by atoms with Crippen LogP contribution < -0.4 is 15.4 Å². The van der Waals surface area contributed by atoms with E-state index >= 15 is 0 Å². The van der Waals surface area contributed by atoms with Crippen LogP contribution in [0.1, 0.15) is 29.2 Å². The van der Waals surface area contributed by atoms with Gasteiger partial charge in [-0.15, -0.1) is 0 Å². The molecule has 0 radical (unpaired) electrons.